The van der Waals surface area contributed by atoms with Crippen LogP contribution < -0.4 is 15.2 Å². The monoisotopic (exact) mass is 415 g/mol. The standard InChI is InChI=1S/C21H19Cl2N3O2/c1-28-17-10-4-14(5-11-17)18-3-2-12-25(18)19-13-24-26(21(27)20(19)23)16-8-6-15(22)7-9-16/h4-11,13,18H,2-3,12H2,1H3/t18-/m0/s1. The summed E-state index contributed by atoms with van der Waals surface area (Å²) in [4.78, 5) is 15.0. The van der Waals surface area contributed by atoms with Gasteiger partial charge >= 0.3 is 0 Å². The SMILES string of the molecule is COc1ccc([C@@H]2CCCN2c2cnn(-c3ccc(Cl)cc3)c(=O)c2Cl)cc1. The third-order valence-electron chi connectivity index (χ3n) is 5.03. The van der Waals surface area contributed by atoms with Crippen molar-refractivity contribution in [2.24, 2.45) is 0 Å². The van der Waals surface area contributed by atoms with E-state index < -0.39 is 0 Å². The number of halogens is 2. The Balaban J connectivity index is 1.69. The zero-order valence-electron chi connectivity index (χ0n) is 15.3. The fraction of sp³-hybridized carbons (Fsp3) is 0.238. The Labute approximate surface area is 173 Å². The van der Waals surface area contributed by atoms with E-state index in [1.165, 1.54) is 4.68 Å². The quantitative estimate of drug-likeness (QED) is 0.608. The number of hydrogen-bond acceptors (Lipinski definition) is 4. The van der Waals surface area contributed by atoms with E-state index in [9.17, 15) is 4.79 Å². The van der Waals surface area contributed by atoms with Crippen molar-refractivity contribution in [1.82, 2.24) is 9.78 Å². The maximum Gasteiger partial charge on any atom is 0.292 e. The molecule has 0 saturated carbocycles. The normalized spacial score (nSPS) is 16.4. The summed E-state index contributed by atoms with van der Waals surface area (Å²) in [5.41, 5.74) is 2.10. The van der Waals surface area contributed by atoms with Crippen molar-refractivity contribution in [3.05, 3.63) is 80.7 Å². The van der Waals surface area contributed by atoms with Gasteiger partial charge in [-0.1, -0.05) is 35.3 Å². The highest BCUT2D eigenvalue weighted by molar-refractivity contribution is 6.33. The van der Waals surface area contributed by atoms with Crippen molar-refractivity contribution in [2.75, 3.05) is 18.6 Å². The molecular formula is C21H19Cl2N3O2. The van der Waals surface area contributed by atoms with Crippen LogP contribution >= 0.6 is 23.2 Å². The number of hydrogen-bond donors (Lipinski definition) is 0. The van der Waals surface area contributed by atoms with Crippen LogP contribution in [-0.4, -0.2) is 23.4 Å². The molecule has 4 rings (SSSR count). The Morgan fingerprint density at radius 2 is 1.79 bits per heavy atom. The summed E-state index contributed by atoms with van der Waals surface area (Å²) >= 11 is 12.4. The molecule has 2 heterocycles. The first-order valence-corrected chi connectivity index (χ1v) is 9.78. The summed E-state index contributed by atoms with van der Waals surface area (Å²) < 4.78 is 6.54. The molecule has 3 aromatic rings. The highest BCUT2D eigenvalue weighted by Gasteiger charge is 2.29. The Kier molecular flexibility index (Phi) is 5.29. The molecule has 0 unspecified atom stereocenters. The van der Waals surface area contributed by atoms with Crippen LogP contribution in [0.4, 0.5) is 5.69 Å². The molecule has 0 amide bonds. The van der Waals surface area contributed by atoms with Crippen molar-refractivity contribution < 1.29 is 4.74 Å². The molecule has 0 aliphatic carbocycles. The number of benzene rings is 2. The van der Waals surface area contributed by atoms with Gasteiger partial charge in [0.05, 0.1) is 30.7 Å². The first-order valence-electron chi connectivity index (χ1n) is 9.03. The van der Waals surface area contributed by atoms with Crippen molar-refractivity contribution in [3.63, 3.8) is 0 Å². The summed E-state index contributed by atoms with van der Waals surface area (Å²) in [5, 5.41) is 5.12. The van der Waals surface area contributed by atoms with E-state index >= 15 is 0 Å². The van der Waals surface area contributed by atoms with Gasteiger partial charge in [-0.15, -0.1) is 0 Å². The van der Waals surface area contributed by atoms with Crippen molar-refractivity contribution in [1.29, 1.82) is 0 Å². The summed E-state index contributed by atoms with van der Waals surface area (Å²) in [6, 6.07) is 15.1. The average molecular weight is 416 g/mol. The van der Waals surface area contributed by atoms with E-state index in [1.54, 1.807) is 37.6 Å². The fourth-order valence-corrected chi connectivity index (χ4v) is 3.98. The van der Waals surface area contributed by atoms with Crippen LogP contribution in [0.5, 0.6) is 5.75 Å². The number of methoxy groups -OCH3 is 1. The zero-order chi connectivity index (χ0) is 19.7. The molecule has 1 aromatic heterocycles. The van der Waals surface area contributed by atoms with Crippen molar-refractivity contribution in [2.45, 2.75) is 18.9 Å². The van der Waals surface area contributed by atoms with Gasteiger partial charge in [-0.3, -0.25) is 4.79 Å². The largest absolute Gasteiger partial charge is 0.497 e. The lowest BCUT2D eigenvalue weighted by molar-refractivity contribution is 0.414. The third kappa shape index (κ3) is 3.48. The predicted molar refractivity (Wildman–Crippen MR) is 112 cm³/mol. The highest BCUT2D eigenvalue weighted by Crippen LogP contribution is 2.38. The fourth-order valence-electron chi connectivity index (χ4n) is 3.62. The first kappa shape index (κ1) is 18.8. The van der Waals surface area contributed by atoms with Gasteiger partial charge in [-0.05, 0) is 54.8 Å². The second-order valence-corrected chi connectivity index (χ2v) is 7.48. The third-order valence-corrected chi connectivity index (χ3v) is 5.64. The molecule has 5 nitrogen and oxygen atoms in total. The molecular weight excluding hydrogens is 397 g/mol. The first-order chi connectivity index (χ1) is 13.6. The lowest BCUT2D eigenvalue weighted by Gasteiger charge is -2.27. The lowest BCUT2D eigenvalue weighted by atomic mass is 10.0. The predicted octanol–water partition coefficient (Wildman–Crippen LogP) is 4.89. The van der Waals surface area contributed by atoms with Gasteiger partial charge in [0.25, 0.3) is 5.56 Å². The van der Waals surface area contributed by atoms with E-state index in [0.29, 0.717) is 16.4 Å². The lowest BCUT2D eigenvalue weighted by Crippen LogP contribution is -2.28. The maximum absolute atomic E-state index is 12.9. The number of ether oxygens (including phenoxy) is 1. The minimum atomic E-state index is -0.345. The summed E-state index contributed by atoms with van der Waals surface area (Å²) in [5.74, 6) is 0.818. The summed E-state index contributed by atoms with van der Waals surface area (Å²) in [6.07, 6.45) is 3.68. The molecule has 0 bridgehead atoms. The molecule has 1 aliphatic heterocycles. The topological polar surface area (TPSA) is 47.4 Å². The van der Waals surface area contributed by atoms with E-state index in [-0.39, 0.29) is 16.6 Å². The molecule has 7 heteroatoms. The molecule has 0 radical (unpaired) electrons. The van der Waals surface area contributed by atoms with E-state index in [0.717, 1.165) is 30.7 Å². The Hall–Kier alpha value is -2.50. The van der Waals surface area contributed by atoms with Crippen LogP contribution in [0.2, 0.25) is 10.0 Å². The van der Waals surface area contributed by atoms with E-state index in [1.807, 2.05) is 12.1 Å². The minimum absolute atomic E-state index is 0.149. The second kappa shape index (κ2) is 7.86. The van der Waals surface area contributed by atoms with Gasteiger partial charge in [0, 0.05) is 11.6 Å². The van der Waals surface area contributed by atoms with Gasteiger partial charge in [-0.25, -0.2) is 0 Å². The smallest absolute Gasteiger partial charge is 0.292 e. The summed E-state index contributed by atoms with van der Waals surface area (Å²) in [6.45, 7) is 0.822. The van der Waals surface area contributed by atoms with Crippen LogP contribution in [0.25, 0.3) is 5.69 Å². The molecule has 1 saturated heterocycles. The molecule has 0 spiro atoms. The number of rotatable bonds is 4. The second-order valence-electron chi connectivity index (χ2n) is 6.66. The van der Waals surface area contributed by atoms with E-state index in [4.69, 9.17) is 27.9 Å². The van der Waals surface area contributed by atoms with E-state index in [2.05, 4.69) is 22.1 Å². The molecule has 2 aromatic carbocycles. The van der Waals surface area contributed by atoms with Gasteiger partial charge in [0.1, 0.15) is 10.8 Å². The van der Waals surface area contributed by atoms with Gasteiger partial charge < -0.3 is 9.64 Å². The summed E-state index contributed by atoms with van der Waals surface area (Å²) in [7, 11) is 1.65. The van der Waals surface area contributed by atoms with Crippen molar-refractivity contribution >= 4 is 28.9 Å². The van der Waals surface area contributed by atoms with Crippen LogP contribution in [0.3, 0.4) is 0 Å². The molecule has 1 fully saturated rings. The van der Waals surface area contributed by atoms with Crippen LogP contribution in [0.1, 0.15) is 24.4 Å². The number of aromatic nitrogens is 2. The zero-order valence-corrected chi connectivity index (χ0v) is 16.8. The van der Waals surface area contributed by atoms with Crippen LogP contribution in [0, 0.1) is 0 Å². The van der Waals surface area contributed by atoms with Gasteiger partial charge in [0.15, 0.2) is 0 Å². The molecule has 144 valence electrons. The molecule has 28 heavy (non-hydrogen) atoms. The number of anilines is 1. The maximum atomic E-state index is 12.9. The van der Waals surface area contributed by atoms with Gasteiger partial charge in [0.2, 0.25) is 0 Å². The van der Waals surface area contributed by atoms with Crippen LogP contribution in [0.15, 0.2) is 59.5 Å². The highest BCUT2D eigenvalue weighted by atomic mass is 35.5. The number of nitrogens with zero attached hydrogens (tertiary/aromatic N) is 3. The minimum Gasteiger partial charge on any atom is -0.497 e. The van der Waals surface area contributed by atoms with Gasteiger partial charge in [-0.2, -0.15) is 9.78 Å². The Morgan fingerprint density at radius 1 is 1.07 bits per heavy atom. The molecule has 1 aliphatic rings. The van der Waals surface area contributed by atoms with Crippen molar-refractivity contribution in [3.8, 4) is 11.4 Å². The Bertz CT molecular complexity index is 1030. The Morgan fingerprint density at radius 3 is 2.46 bits per heavy atom. The molecule has 0 N–H and O–H groups in total. The average Bonchev–Trinajstić information content (AvgIpc) is 3.20. The van der Waals surface area contributed by atoms with Crippen LogP contribution in [-0.2, 0) is 0 Å². The molecule has 1 atom stereocenters.